The zero-order valence-electron chi connectivity index (χ0n) is 23.0. The van der Waals surface area contributed by atoms with Crippen molar-refractivity contribution in [3.8, 4) is 6.07 Å². The minimum absolute atomic E-state index is 0.176. The van der Waals surface area contributed by atoms with Crippen LogP contribution in [0.1, 0.15) is 53.4 Å². The Morgan fingerprint density at radius 1 is 0.946 bits per heavy atom. The van der Waals surface area contributed by atoms with E-state index in [9.17, 15) is 19.2 Å². The van der Waals surface area contributed by atoms with Gasteiger partial charge in [0.25, 0.3) is 0 Å². The number of amides is 1. The van der Waals surface area contributed by atoms with Crippen LogP contribution in [0.2, 0.25) is 0 Å². The van der Waals surface area contributed by atoms with Crippen LogP contribution in [0.3, 0.4) is 0 Å². The first-order valence-electron chi connectivity index (χ1n) is 11.3. The topological polar surface area (TPSA) is 152 Å². The zero-order valence-corrected chi connectivity index (χ0v) is 23.0. The molecule has 0 spiro atoms. The number of allylic oxidation sites excluding steroid dienone is 1. The van der Waals surface area contributed by atoms with Crippen LogP contribution in [0.15, 0.2) is 62.3 Å². The molecule has 0 unspecified atom stereocenters. The van der Waals surface area contributed by atoms with E-state index >= 15 is 0 Å². The second kappa shape index (κ2) is 36.6. The van der Waals surface area contributed by atoms with E-state index in [1.807, 2.05) is 6.92 Å². The number of esters is 2. The number of carbonyl (C=O) groups is 4. The highest BCUT2D eigenvalue weighted by Crippen LogP contribution is 1.88. The lowest BCUT2D eigenvalue weighted by atomic mass is 10.4. The zero-order chi connectivity index (χ0) is 30.1. The van der Waals surface area contributed by atoms with Crippen molar-refractivity contribution in [2.24, 2.45) is 0 Å². The Labute approximate surface area is 222 Å². The standard InChI is InChI=1S/C8H15NO2.C7H12O2.C5H8O2.C4H6O2.C3H3N/c1-3-5-6-11-7-9-8(10)4-2;1-3-5-6-9-7(8)4-2;1-4(2)5(6)7-3;1-3(2)4(5)6;1-2-3-4/h4H,2-3,5-7H2,1H3,(H,9,10);4H,2-3,5-6H2,1H3;1H2,2-3H3;1H2,2H3,(H,5,6);2H,1H2. The van der Waals surface area contributed by atoms with E-state index in [1.54, 1.807) is 13.0 Å². The smallest absolute Gasteiger partial charge is 0.332 e. The summed E-state index contributed by atoms with van der Waals surface area (Å²) >= 11 is 0. The van der Waals surface area contributed by atoms with E-state index in [1.165, 1.54) is 32.3 Å². The van der Waals surface area contributed by atoms with Gasteiger partial charge in [-0.15, -0.1) is 0 Å². The van der Waals surface area contributed by atoms with Crippen molar-refractivity contribution in [2.75, 3.05) is 27.1 Å². The molecule has 0 bridgehead atoms. The van der Waals surface area contributed by atoms with Gasteiger partial charge in [-0.1, -0.05) is 59.6 Å². The van der Waals surface area contributed by atoms with E-state index in [0.717, 1.165) is 25.7 Å². The number of rotatable bonds is 12. The monoisotopic (exact) mass is 524 g/mol. The van der Waals surface area contributed by atoms with E-state index < -0.39 is 5.97 Å². The molecule has 0 saturated heterocycles. The van der Waals surface area contributed by atoms with Gasteiger partial charge in [-0.2, -0.15) is 5.26 Å². The van der Waals surface area contributed by atoms with Gasteiger partial charge >= 0.3 is 17.9 Å². The molecule has 0 aliphatic rings. The van der Waals surface area contributed by atoms with Crippen molar-refractivity contribution in [3.63, 3.8) is 0 Å². The molecule has 0 saturated carbocycles. The molecule has 0 aliphatic heterocycles. The molecular formula is C27H44N2O8. The summed E-state index contributed by atoms with van der Waals surface area (Å²) < 4.78 is 14.0. The van der Waals surface area contributed by atoms with Gasteiger partial charge < -0.3 is 24.6 Å². The molecule has 0 heterocycles. The molecule has 0 aromatic heterocycles. The van der Waals surface area contributed by atoms with Crippen molar-refractivity contribution < 1.29 is 38.5 Å². The molecule has 0 radical (unpaired) electrons. The highest BCUT2D eigenvalue weighted by Gasteiger charge is 1.95. The lowest BCUT2D eigenvalue weighted by Gasteiger charge is -2.02. The van der Waals surface area contributed by atoms with Crippen LogP contribution in [-0.4, -0.2) is 56.0 Å². The molecule has 0 rings (SSSR count). The van der Waals surface area contributed by atoms with Gasteiger partial charge in [0.1, 0.15) is 6.73 Å². The number of ether oxygens (including phenoxy) is 3. The van der Waals surface area contributed by atoms with E-state index in [4.69, 9.17) is 15.1 Å². The molecule has 0 aromatic rings. The maximum Gasteiger partial charge on any atom is 0.332 e. The van der Waals surface area contributed by atoms with Gasteiger partial charge in [0.2, 0.25) is 5.91 Å². The number of hydrogen-bond donors (Lipinski definition) is 2. The number of carboxylic acids is 1. The summed E-state index contributed by atoms with van der Waals surface area (Å²) in [5, 5.41) is 17.9. The quantitative estimate of drug-likeness (QED) is 0.122. The van der Waals surface area contributed by atoms with Gasteiger partial charge in [-0.05, 0) is 32.8 Å². The molecule has 0 fully saturated rings. The summed E-state index contributed by atoms with van der Waals surface area (Å²) in [4.78, 5) is 40.7. The Balaban J connectivity index is -0.000000120. The number of hydrogen-bond acceptors (Lipinski definition) is 8. The van der Waals surface area contributed by atoms with Crippen LogP contribution >= 0.6 is 0 Å². The Hall–Kier alpha value is -3.97. The Morgan fingerprint density at radius 2 is 1.41 bits per heavy atom. The lowest BCUT2D eigenvalue weighted by Crippen LogP contribution is -2.23. The third kappa shape index (κ3) is 54.5. The normalized spacial score (nSPS) is 7.89. The number of nitriles is 1. The van der Waals surface area contributed by atoms with Crippen molar-refractivity contribution >= 4 is 23.8 Å². The van der Waals surface area contributed by atoms with Crippen LogP contribution in [0.4, 0.5) is 0 Å². The van der Waals surface area contributed by atoms with Crippen LogP contribution in [-0.2, 0) is 33.4 Å². The molecule has 0 atom stereocenters. The van der Waals surface area contributed by atoms with Crippen molar-refractivity contribution in [2.45, 2.75) is 53.4 Å². The van der Waals surface area contributed by atoms with Crippen LogP contribution in [0.5, 0.6) is 0 Å². The minimum atomic E-state index is -0.935. The SMILES string of the molecule is C=C(C)C(=O)O.C=C(C)C(=O)OC.C=CC#N.C=CC(=O)NCOCCCC.C=CC(=O)OCCCC. The predicted octanol–water partition coefficient (Wildman–Crippen LogP) is 4.66. The van der Waals surface area contributed by atoms with E-state index in [0.29, 0.717) is 18.8 Å². The maximum atomic E-state index is 10.5. The average Bonchev–Trinajstić information content (AvgIpc) is 2.88. The summed E-state index contributed by atoms with van der Waals surface area (Å²) in [6.45, 7) is 24.9. The second-order valence-electron chi connectivity index (χ2n) is 6.57. The van der Waals surface area contributed by atoms with Crippen molar-refractivity contribution in [1.82, 2.24) is 5.32 Å². The number of carboxylic acid groups (broad SMARTS) is 1. The molecule has 2 N–H and O–H groups in total. The molecule has 37 heavy (non-hydrogen) atoms. The molecule has 210 valence electrons. The average molecular weight is 525 g/mol. The predicted molar refractivity (Wildman–Crippen MR) is 145 cm³/mol. The Kier molecular flexibility index (Phi) is 42.7. The Morgan fingerprint density at radius 3 is 1.68 bits per heavy atom. The molecule has 0 aromatic carbocycles. The number of unbranched alkanes of at least 4 members (excludes halogenated alkanes) is 2. The third-order valence-corrected chi connectivity index (χ3v) is 3.08. The summed E-state index contributed by atoms with van der Waals surface area (Å²) in [6, 6.07) is 1.69. The highest BCUT2D eigenvalue weighted by molar-refractivity contribution is 5.87. The highest BCUT2D eigenvalue weighted by atomic mass is 16.5. The fourth-order valence-electron chi connectivity index (χ4n) is 1.06. The number of aliphatic carboxylic acids is 1. The summed E-state index contributed by atoms with van der Waals surface area (Å²) in [7, 11) is 1.33. The van der Waals surface area contributed by atoms with Gasteiger partial charge in [-0.3, -0.25) is 4.79 Å². The second-order valence-corrected chi connectivity index (χ2v) is 6.57. The fourth-order valence-corrected chi connectivity index (χ4v) is 1.06. The molecular weight excluding hydrogens is 480 g/mol. The first-order valence-corrected chi connectivity index (χ1v) is 11.3. The first-order chi connectivity index (χ1) is 17.4. The number of nitrogens with one attached hydrogen (secondary N) is 1. The largest absolute Gasteiger partial charge is 0.478 e. The number of nitrogens with zero attached hydrogens (tertiary/aromatic N) is 1. The van der Waals surface area contributed by atoms with E-state index in [2.05, 4.69) is 54.6 Å². The first kappa shape index (κ1) is 43.1. The van der Waals surface area contributed by atoms with Gasteiger partial charge in [-0.25, -0.2) is 14.4 Å². The summed E-state index contributed by atoms with van der Waals surface area (Å²) in [5.74, 6) is -1.81. The van der Waals surface area contributed by atoms with Crippen LogP contribution in [0, 0.1) is 11.3 Å². The third-order valence-electron chi connectivity index (χ3n) is 3.08. The molecule has 0 aliphatic carbocycles. The van der Waals surface area contributed by atoms with Gasteiger partial charge in [0.15, 0.2) is 0 Å². The van der Waals surface area contributed by atoms with Crippen LogP contribution in [0.25, 0.3) is 0 Å². The van der Waals surface area contributed by atoms with Crippen molar-refractivity contribution in [3.05, 3.63) is 62.3 Å². The number of carbonyl (C=O) groups excluding carboxylic acids is 3. The summed E-state index contributed by atoms with van der Waals surface area (Å²) in [6.07, 6.45) is 7.70. The molecule has 1 amide bonds. The molecule has 10 heteroatoms. The van der Waals surface area contributed by atoms with Crippen molar-refractivity contribution in [1.29, 1.82) is 5.26 Å². The van der Waals surface area contributed by atoms with Crippen LogP contribution < -0.4 is 5.32 Å². The minimum Gasteiger partial charge on any atom is -0.478 e. The number of methoxy groups -OCH3 is 1. The fraction of sp³-hybridized carbons (Fsp3) is 0.444. The molecule has 10 nitrogen and oxygen atoms in total. The summed E-state index contributed by atoms with van der Waals surface area (Å²) in [5.41, 5.74) is 0.609. The van der Waals surface area contributed by atoms with Gasteiger partial charge in [0.05, 0.1) is 19.8 Å². The lowest BCUT2D eigenvalue weighted by molar-refractivity contribution is -0.138. The van der Waals surface area contributed by atoms with Gasteiger partial charge in [0, 0.05) is 29.9 Å². The Bertz CT molecular complexity index is 725. The maximum absolute atomic E-state index is 10.5. The van der Waals surface area contributed by atoms with E-state index in [-0.39, 0.29) is 30.1 Å².